The molecule has 0 N–H and O–H groups in total. The highest BCUT2D eigenvalue weighted by atomic mass is 16.6. The van der Waals surface area contributed by atoms with Gasteiger partial charge in [-0.15, -0.1) is 0 Å². The van der Waals surface area contributed by atoms with Gasteiger partial charge in [0, 0.05) is 6.21 Å². The minimum absolute atomic E-state index is 0.657. The van der Waals surface area contributed by atoms with Gasteiger partial charge in [0.25, 0.3) is 0 Å². The molecular formula is C8H18N2O. The van der Waals surface area contributed by atoms with Crippen LogP contribution in [-0.2, 0) is 4.84 Å². The van der Waals surface area contributed by atoms with Gasteiger partial charge in [-0.25, -0.2) is 0 Å². The number of hydrogen-bond acceptors (Lipinski definition) is 3. The highest BCUT2D eigenvalue weighted by Gasteiger charge is 1.87. The van der Waals surface area contributed by atoms with Gasteiger partial charge in [-0.1, -0.05) is 5.16 Å². The van der Waals surface area contributed by atoms with Crippen LogP contribution >= 0.6 is 0 Å². The third kappa shape index (κ3) is 9.43. The highest BCUT2D eigenvalue weighted by Crippen LogP contribution is 1.87. The molecule has 3 heteroatoms. The van der Waals surface area contributed by atoms with Crippen molar-refractivity contribution in [3.63, 3.8) is 0 Å². The molecule has 0 amide bonds. The van der Waals surface area contributed by atoms with Gasteiger partial charge in [0.15, 0.2) is 0 Å². The first-order valence-electron chi connectivity index (χ1n) is 4.06. The molecule has 3 nitrogen and oxygen atoms in total. The average molecular weight is 158 g/mol. The lowest BCUT2D eigenvalue weighted by molar-refractivity contribution is 0.159. The van der Waals surface area contributed by atoms with E-state index in [4.69, 9.17) is 4.84 Å². The first kappa shape index (κ1) is 10.4. The third-order valence-electron chi connectivity index (χ3n) is 1.22. The van der Waals surface area contributed by atoms with E-state index in [1.807, 2.05) is 13.1 Å². The summed E-state index contributed by atoms with van der Waals surface area (Å²) in [4.78, 5) is 6.96. The molecule has 0 rings (SSSR count). The molecule has 0 unspecified atom stereocenters. The predicted molar refractivity (Wildman–Crippen MR) is 47.9 cm³/mol. The Kier molecular flexibility index (Phi) is 7.15. The van der Waals surface area contributed by atoms with E-state index in [-0.39, 0.29) is 0 Å². The van der Waals surface area contributed by atoms with E-state index in [0.717, 1.165) is 19.4 Å². The number of unbranched alkanes of at least 4 members (excludes halogenated alkanes) is 1. The fourth-order valence-electron chi connectivity index (χ4n) is 0.679. The van der Waals surface area contributed by atoms with Crippen molar-refractivity contribution in [3.05, 3.63) is 0 Å². The van der Waals surface area contributed by atoms with Gasteiger partial charge in [0.2, 0.25) is 0 Å². The molecule has 11 heavy (non-hydrogen) atoms. The van der Waals surface area contributed by atoms with Gasteiger partial charge in [-0.05, 0) is 40.4 Å². The largest absolute Gasteiger partial charge is 0.396 e. The summed E-state index contributed by atoms with van der Waals surface area (Å²) in [5.41, 5.74) is 0. The molecule has 0 heterocycles. The van der Waals surface area contributed by atoms with Crippen molar-refractivity contribution in [2.75, 3.05) is 27.2 Å². The summed E-state index contributed by atoms with van der Waals surface area (Å²) in [6.07, 6.45) is 3.97. The van der Waals surface area contributed by atoms with Crippen LogP contribution in [0.5, 0.6) is 0 Å². The summed E-state index contributed by atoms with van der Waals surface area (Å²) < 4.78 is 0. The van der Waals surface area contributed by atoms with E-state index in [9.17, 15) is 0 Å². The maximum Gasteiger partial charge on any atom is 0.114 e. The van der Waals surface area contributed by atoms with Crippen molar-refractivity contribution in [2.24, 2.45) is 5.16 Å². The van der Waals surface area contributed by atoms with E-state index in [0.29, 0.717) is 6.61 Å². The molecule has 0 spiro atoms. The second-order valence-electron chi connectivity index (χ2n) is 2.65. The SMILES string of the molecule is CCON=CCCCN(C)C. The summed E-state index contributed by atoms with van der Waals surface area (Å²) in [5.74, 6) is 0. The van der Waals surface area contributed by atoms with Crippen LogP contribution in [0, 0.1) is 0 Å². The highest BCUT2D eigenvalue weighted by molar-refractivity contribution is 5.56. The van der Waals surface area contributed by atoms with Crippen LogP contribution in [0.4, 0.5) is 0 Å². The van der Waals surface area contributed by atoms with E-state index >= 15 is 0 Å². The molecule has 0 aromatic carbocycles. The van der Waals surface area contributed by atoms with E-state index in [2.05, 4.69) is 24.2 Å². The van der Waals surface area contributed by atoms with Crippen LogP contribution in [0.15, 0.2) is 5.16 Å². The van der Waals surface area contributed by atoms with Gasteiger partial charge in [0.05, 0.1) is 0 Å². The van der Waals surface area contributed by atoms with Gasteiger partial charge < -0.3 is 9.74 Å². The molecule has 0 aliphatic rings. The second kappa shape index (κ2) is 7.54. The summed E-state index contributed by atoms with van der Waals surface area (Å²) >= 11 is 0. The molecule has 0 aromatic rings. The monoisotopic (exact) mass is 158 g/mol. The summed E-state index contributed by atoms with van der Waals surface area (Å²) in [6.45, 7) is 3.69. The first-order valence-corrected chi connectivity index (χ1v) is 4.06. The maximum absolute atomic E-state index is 4.80. The molecule has 0 aliphatic heterocycles. The van der Waals surface area contributed by atoms with Crippen molar-refractivity contribution in [2.45, 2.75) is 19.8 Å². The Morgan fingerprint density at radius 2 is 2.18 bits per heavy atom. The normalized spacial score (nSPS) is 11.3. The van der Waals surface area contributed by atoms with Crippen molar-refractivity contribution >= 4 is 6.21 Å². The Labute approximate surface area is 69.0 Å². The molecule has 0 fully saturated rings. The van der Waals surface area contributed by atoms with Crippen molar-refractivity contribution < 1.29 is 4.84 Å². The van der Waals surface area contributed by atoms with Crippen molar-refractivity contribution in [1.82, 2.24) is 4.90 Å². The van der Waals surface area contributed by atoms with E-state index < -0.39 is 0 Å². The Morgan fingerprint density at radius 1 is 1.45 bits per heavy atom. The molecule has 0 radical (unpaired) electrons. The number of nitrogens with zero attached hydrogens (tertiary/aromatic N) is 2. The lowest BCUT2D eigenvalue weighted by atomic mass is 10.3. The van der Waals surface area contributed by atoms with Gasteiger partial charge in [-0.2, -0.15) is 0 Å². The van der Waals surface area contributed by atoms with Crippen molar-refractivity contribution in [1.29, 1.82) is 0 Å². The molecule has 0 aliphatic carbocycles. The zero-order valence-corrected chi connectivity index (χ0v) is 7.71. The predicted octanol–water partition coefficient (Wildman–Crippen LogP) is 1.35. The van der Waals surface area contributed by atoms with Crippen LogP contribution in [0.25, 0.3) is 0 Å². The fourth-order valence-corrected chi connectivity index (χ4v) is 0.679. The summed E-state index contributed by atoms with van der Waals surface area (Å²) in [6, 6.07) is 0. The lowest BCUT2D eigenvalue weighted by Gasteiger charge is -2.06. The lowest BCUT2D eigenvalue weighted by Crippen LogP contribution is -2.12. The molecule has 0 aromatic heterocycles. The topological polar surface area (TPSA) is 24.8 Å². The van der Waals surface area contributed by atoms with Crippen LogP contribution in [0.3, 0.4) is 0 Å². The van der Waals surface area contributed by atoms with Crippen molar-refractivity contribution in [3.8, 4) is 0 Å². The van der Waals surface area contributed by atoms with Crippen LogP contribution in [0.1, 0.15) is 19.8 Å². The van der Waals surface area contributed by atoms with Gasteiger partial charge in [0.1, 0.15) is 6.61 Å². The summed E-state index contributed by atoms with van der Waals surface area (Å²) in [5, 5.41) is 3.74. The molecule has 0 bridgehead atoms. The number of hydrogen-bond donors (Lipinski definition) is 0. The smallest absolute Gasteiger partial charge is 0.114 e. The Morgan fingerprint density at radius 3 is 2.73 bits per heavy atom. The van der Waals surface area contributed by atoms with Gasteiger partial charge in [-0.3, -0.25) is 0 Å². The van der Waals surface area contributed by atoms with Crippen LogP contribution in [0.2, 0.25) is 0 Å². The van der Waals surface area contributed by atoms with E-state index in [1.165, 1.54) is 0 Å². The number of rotatable bonds is 6. The minimum atomic E-state index is 0.657. The first-order chi connectivity index (χ1) is 5.27. The molecule has 0 atom stereocenters. The maximum atomic E-state index is 4.80. The number of oxime groups is 1. The zero-order valence-electron chi connectivity index (χ0n) is 7.71. The molecular weight excluding hydrogens is 140 g/mol. The Bertz CT molecular complexity index is 102. The standard InChI is InChI=1S/C8H18N2O/c1-4-11-9-7-5-6-8-10(2)3/h7H,4-6,8H2,1-3H3. The molecule has 0 saturated carbocycles. The second-order valence-corrected chi connectivity index (χ2v) is 2.65. The average Bonchev–Trinajstić information content (AvgIpc) is 1.96. The molecule has 0 saturated heterocycles. The Balaban J connectivity index is 3.01. The fraction of sp³-hybridized carbons (Fsp3) is 0.875. The van der Waals surface area contributed by atoms with Gasteiger partial charge >= 0.3 is 0 Å². The minimum Gasteiger partial charge on any atom is -0.396 e. The zero-order chi connectivity index (χ0) is 8.53. The summed E-state index contributed by atoms with van der Waals surface area (Å²) in [7, 11) is 4.14. The third-order valence-corrected chi connectivity index (χ3v) is 1.22. The van der Waals surface area contributed by atoms with Crippen LogP contribution < -0.4 is 0 Å². The van der Waals surface area contributed by atoms with Crippen LogP contribution in [-0.4, -0.2) is 38.4 Å². The quantitative estimate of drug-likeness (QED) is 0.331. The Hall–Kier alpha value is -0.570. The molecule has 66 valence electrons. The van der Waals surface area contributed by atoms with E-state index in [1.54, 1.807) is 0 Å².